The Balaban J connectivity index is 2.13. The van der Waals surface area contributed by atoms with Crippen LogP contribution in [0.4, 0.5) is 0 Å². The molecule has 0 fully saturated rings. The smallest absolute Gasteiger partial charge is 0.123 e. The third-order valence-electron chi connectivity index (χ3n) is 3.65. The molecule has 2 aromatic carbocycles. The lowest BCUT2D eigenvalue weighted by atomic mass is 9.86. The van der Waals surface area contributed by atoms with Crippen molar-refractivity contribution in [3.8, 4) is 5.75 Å². The van der Waals surface area contributed by atoms with E-state index in [4.69, 9.17) is 4.74 Å². The monoisotopic (exact) mass is 283 g/mol. The molecule has 2 heteroatoms. The maximum absolute atomic E-state index is 6.11. The van der Waals surface area contributed by atoms with Crippen molar-refractivity contribution < 1.29 is 4.74 Å². The molecule has 21 heavy (non-hydrogen) atoms. The van der Waals surface area contributed by atoms with E-state index in [0.717, 1.165) is 5.75 Å². The minimum absolute atomic E-state index is 0.0818. The maximum Gasteiger partial charge on any atom is 0.123 e. The van der Waals surface area contributed by atoms with Crippen LogP contribution in [0.25, 0.3) is 0 Å². The quantitative estimate of drug-likeness (QED) is 0.882. The number of rotatable bonds is 5. The standard InChI is InChI=1S/C19H25NO/c1-19(2,3)16-12-8-9-13-18(16)21-14-17(20-4)15-10-6-5-7-11-15/h5-13,17,20H,14H2,1-4H3. The van der Waals surface area contributed by atoms with Crippen LogP contribution in [0.2, 0.25) is 0 Å². The van der Waals surface area contributed by atoms with E-state index < -0.39 is 0 Å². The third kappa shape index (κ3) is 4.08. The van der Waals surface area contributed by atoms with Gasteiger partial charge in [-0.25, -0.2) is 0 Å². The Hall–Kier alpha value is -1.80. The van der Waals surface area contributed by atoms with Gasteiger partial charge in [0.1, 0.15) is 12.4 Å². The fourth-order valence-electron chi connectivity index (χ4n) is 2.42. The molecular formula is C19H25NO. The summed E-state index contributed by atoms with van der Waals surface area (Å²) in [4.78, 5) is 0. The number of ether oxygens (including phenoxy) is 1. The van der Waals surface area contributed by atoms with E-state index in [1.54, 1.807) is 0 Å². The van der Waals surface area contributed by atoms with Gasteiger partial charge < -0.3 is 10.1 Å². The Morgan fingerprint density at radius 2 is 1.57 bits per heavy atom. The first-order valence-corrected chi connectivity index (χ1v) is 7.47. The Morgan fingerprint density at radius 3 is 2.19 bits per heavy atom. The molecule has 0 aromatic heterocycles. The van der Waals surface area contributed by atoms with E-state index in [1.165, 1.54) is 11.1 Å². The molecule has 0 saturated heterocycles. The summed E-state index contributed by atoms with van der Waals surface area (Å²) >= 11 is 0. The van der Waals surface area contributed by atoms with Crippen molar-refractivity contribution >= 4 is 0 Å². The van der Waals surface area contributed by atoms with E-state index in [1.807, 2.05) is 19.2 Å². The molecule has 0 heterocycles. The van der Waals surface area contributed by atoms with Crippen LogP contribution in [-0.2, 0) is 5.41 Å². The SMILES string of the molecule is CNC(COc1ccccc1C(C)(C)C)c1ccccc1. The second-order valence-electron chi connectivity index (χ2n) is 6.31. The summed E-state index contributed by atoms with van der Waals surface area (Å²) in [5.41, 5.74) is 2.57. The molecule has 1 atom stereocenters. The minimum atomic E-state index is 0.0818. The fraction of sp³-hybridized carbons (Fsp3) is 0.368. The van der Waals surface area contributed by atoms with Gasteiger partial charge in [0, 0.05) is 0 Å². The number of benzene rings is 2. The first-order valence-electron chi connectivity index (χ1n) is 7.47. The van der Waals surface area contributed by atoms with Gasteiger partial charge in [-0.1, -0.05) is 69.3 Å². The molecule has 0 amide bonds. The van der Waals surface area contributed by atoms with Crippen molar-refractivity contribution in [3.05, 3.63) is 65.7 Å². The normalized spacial score (nSPS) is 13.0. The highest BCUT2D eigenvalue weighted by molar-refractivity contribution is 5.38. The van der Waals surface area contributed by atoms with Crippen molar-refractivity contribution in [1.82, 2.24) is 5.32 Å². The topological polar surface area (TPSA) is 21.3 Å². The van der Waals surface area contributed by atoms with Gasteiger partial charge in [-0.3, -0.25) is 0 Å². The molecule has 1 N–H and O–H groups in total. The molecule has 112 valence electrons. The molecule has 0 saturated carbocycles. The molecule has 0 aliphatic carbocycles. The van der Waals surface area contributed by atoms with Gasteiger partial charge in [0.05, 0.1) is 6.04 Å². The first-order chi connectivity index (χ1) is 10.0. The highest BCUT2D eigenvalue weighted by Crippen LogP contribution is 2.31. The molecule has 2 nitrogen and oxygen atoms in total. The Labute approximate surface area is 128 Å². The summed E-state index contributed by atoms with van der Waals surface area (Å²) in [6.45, 7) is 7.25. The van der Waals surface area contributed by atoms with Crippen LogP contribution < -0.4 is 10.1 Å². The van der Waals surface area contributed by atoms with Crippen LogP contribution in [0.15, 0.2) is 54.6 Å². The molecule has 0 spiro atoms. The summed E-state index contributed by atoms with van der Waals surface area (Å²) in [5, 5.41) is 3.32. The largest absolute Gasteiger partial charge is 0.491 e. The molecular weight excluding hydrogens is 258 g/mol. The lowest BCUT2D eigenvalue weighted by Crippen LogP contribution is -2.24. The molecule has 0 aliphatic heterocycles. The van der Waals surface area contributed by atoms with Crippen LogP contribution in [0.1, 0.15) is 37.9 Å². The van der Waals surface area contributed by atoms with Gasteiger partial charge in [-0.15, -0.1) is 0 Å². The van der Waals surface area contributed by atoms with Gasteiger partial charge in [0.15, 0.2) is 0 Å². The number of hydrogen-bond donors (Lipinski definition) is 1. The third-order valence-corrected chi connectivity index (χ3v) is 3.65. The van der Waals surface area contributed by atoms with Crippen molar-refractivity contribution in [3.63, 3.8) is 0 Å². The minimum Gasteiger partial charge on any atom is -0.491 e. The van der Waals surface area contributed by atoms with Gasteiger partial charge in [-0.05, 0) is 29.7 Å². The zero-order valence-electron chi connectivity index (χ0n) is 13.4. The Bertz CT molecular complexity index is 557. The van der Waals surface area contributed by atoms with Gasteiger partial charge in [-0.2, -0.15) is 0 Å². The zero-order chi connectivity index (χ0) is 15.3. The molecule has 0 aliphatic rings. The first kappa shape index (κ1) is 15.6. The van der Waals surface area contributed by atoms with Gasteiger partial charge in [0.25, 0.3) is 0 Å². The molecule has 2 aromatic rings. The zero-order valence-corrected chi connectivity index (χ0v) is 13.4. The average Bonchev–Trinajstić information content (AvgIpc) is 2.48. The van der Waals surface area contributed by atoms with Crippen LogP contribution >= 0.6 is 0 Å². The molecule has 1 unspecified atom stereocenters. The predicted octanol–water partition coefficient (Wildman–Crippen LogP) is 4.32. The number of nitrogens with one attached hydrogen (secondary N) is 1. The van der Waals surface area contributed by atoms with E-state index in [9.17, 15) is 0 Å². The van der Waals surface area contributed by atoms with Gasteiger partial charge in [0.2, 0.25) is 0 Å². The second kappa shape index (κ2) is 6.77. The molecule has 0 radical (unpaired) electrons. The summed E-state index contributed by atoms with van der Waals surface area (Å²) < 4.78 is 6.11. The highest BCUT2D eigenvalue weighted by atomic mass is 16.5. The number of para-hydroxylation sites is 1. The van der Waals surface area contributed by atoms with Crippen LogP contribution in [0.5, 0.6) is 5.75 Å². The summed E-state index contributed by atoms with van der Waals surface area (Å²) in [5.74, 6) is 0.973. The molecule has 0 bridgehead atoms. The van der Waals surface area contributed by atoms with Crippen LogP contribution in [0.3, 0.4) is 0 Å². The van der Waals surface area contributed by atoms with E-state index >= 15 is 0 Å². The van der Waals surface area contributed by atoms with Crippen molar-refractivity contribution in [1.29, 1.82) is 0 Å². The lowest BCUT2D eigenvalue weighted by molar-refractivity contribution is 0.267. The molecule has 2 rings (SSSR count). The van der Waals surface area contributed by atoms with Crippen LogP contribution in [-0.4, -0.2) is 13.7 Å². The van der Waals surface area contributed by atoms with Gasteiger partial charge >= 0.3 is 0 Å². The Kier molecular flexibility index (Phi) is 5.03. The summed E-state index contributed by atoms with van der Waals surface area (Å²) in [6.07, 6.45) is 0. The predicted molar refractivity (Wildman–Crippen MR) is 88.9 cm³/mol. The number of likely N-dealkylation sites (N-methyl/N-ethyl adjacent to an activating group) is 1. The Morgan fingerprint density at radius 1 is 0.952 bits per heavy atom. The average molecular weight is 283 g/mol. The van der Waals surface area contributed by atoms with Crippen molar-refractivity contribution in [2.75, 3.05) is 13.7 Å². The van der Waals surface area contributed by atoms with E-state index in [0.29, 0.717) is 6.61 Å². The van der Waals surface area contributed by atoms with Crippen LogP contribution in [0, 0.1) is 0 Å². The second-order valence-corrected chi connectivity index (χ2v) is 6.31. The highest BCUT2D eigenvalue weighted by Gasteiger charge is 2.19. The van der Waals surface area contributed by atoms with Crippen molar-refractivity contribution in [2.45, 2.75) is 32.2 Å². The lowest BCUT2D eigenvalue weighted by Gasteiger charge is -2.24. The van der Waals surface area contributed by atoms with E-state index in [2.05, 4.69) is 68.6 Å². The van der Waals surface area contributed by atoms with Crippen molar-refractivity contribution in [2.24, 2.45) is 0 Å². The number of hydrogen-bond acceptors (Lipinski definition) is 2. The maximum atomic E-state index is 6.11. The van der Waals surface area contributed by atoms with E-state index in [-0.39, 0.29) is 11.5 Å². The summed E-state index contributed by atoms with van der Waals surface area (Å²) in [6, 6.07) is 18.9. The fourth-order valence-corrected chi connectivity index (χ4v) is 2.42. The summed E-state index contributed by atoms with van der Waals surface area (Å²) in [7, 11) is 1.97.